The van der Waals surface area contributed by atoms with Crippen molar-refractivity contribution in [3.05, 3.63) is 0 Å². The number of hydrogen-bond acceptors (Lipinski definition) is 3. The highest BCUT2D eigenvalue weighted by atomic mass is 16.4. The number of nitrogens with two attached hydrogens (primary N) is 1. The van der Waals surface area contributed by atoms with E-state index in [1.54, 1.807) is 0 Å². The molecule has 0 aromatic heterocycles. The molecule has 2 fully saturated rings. The summed E-state index contributed by atoms with van der Waals surface area (Å²) in [5, 5.41) is 11.8. The lowest BCUT2D eigenvalue weighted by atomic mass is 9.86. The van der Waals surface area contributed by atoms with E-state index in [2.05, 4.69) is 12.1 Å². The van der Waals surface area contributed by atoms with Crippen molar-refractivity contribution >= 4 is 11.7 Å². The van der Waals surface area contributed by atoms with Crippen molar-refractivity contribution in [3.63, 3.8) is 0 Å². The van der Waals surface area contributed by atoms with Gasteiger partial charge < -0.3 is 15.8 Å². The maximum atomic E-state index is 12.5. The van der Waals surface area contributed by atoms with Gasteiger partial charge in [0.15, 0.2) is 5.84 Å². The highest BCUT2D eigenvalue weighted by molar-refractivity contribution is 6.09. The first-order valence-corrected chi connectivity index (χ1v) is 6.76. The second-order valence-electron chi connectivity index (χ2n) is 5.90. The van der Waals surface area contributed by atoms with Gasteiger partial charge in [0, 0.05) is 13.1 Å². The van der Waals surface area contributed by atoms with Gasteiger partial charge in [-0.15, -0.1) is 0 Å². The number of nitrogens with zero attached hydrogens (tertiary/aromatic N) is 2. The van der Waals surface area contributed by atoms with Gasteiger partial charge in [0.2, 0.25) is 5.91 Å². The number of oxime groups is 1. The first-order valence-electron chi connectivity index (χ1n) is 6.76. The predicted octanol–water partition coefficient (Wildman–Crippen LogP) is 1.55. The van der Waals surface area contributed by atoms with Crippen LogP contribution in [-0.4, -0.2) is 34.9 Å². The standard InChI is InChI=1S/C13H23N3O2/c1-9-3-5-10(6-4-9)16(2)12(17)13(7-8-13)11(14)15-18/h9-10,18H,3-8H2,1-2H3,(H2,14,15). The fourth-order valence-corrected chi connectivity index (χ4v) is 2.93. The number of amidine groups is 1. The van der Waals surface area contributed by atoms with Crippen LogP contribution < -0.4 is 5.73 Å². The molecule has 2 saturated carbocycles. The zero-order valence-corrected chi connectivity index (χ0v) is 11.2. The van der Waals surface area contributed by atoms with Crippen molar-refractivity contribution in [2.24, 2.45) is 22.2 Å². The molecular weight excluding hydrogens is 230 g/mol. The Morgan fingerprint density at radius 2 is 1.89 bits per heavy atom. The lowest BCUT2D eigenvalue weighted by Crippen LogP contribution is -2.47. The molecular formula is C13H23N3O2. The highest BCUT2D eigenvalue weighted by Crippen LogP contribution is 2.48. The van der Waals surface area contributed by atoms with Crippen LogP contribution in [0.15, 0.2) is 5.16 Å². The van der Waals surface area contributed by atoms with Crippen LogP contribution >= 0.6 is 0 Å². The average molecular weight is 253 g/mol. The summed E-state index contributed by atoms with van der Waals surface area (Å²) >= 11 is 0. The summed E-state index contributed by atoms with van der Waals surface area (Å²) in [4.78, 5) is 14.3. The van der Waals surface area contributed by atoms with Gasteiger partial charge in [-0.1, -0.05) is 12.1 Å². The Labute approximate surface area is 108 Å². The van der Waals surface area contributed by atoms with Gasteiger partial charge in [-0.05, 0) is 44.4 Å². The molecule has 0 unspecified atom stereocenters. The average Bonchev–Trinajstić information content (AvgIpc) is 3.18. The van der Waals surface area contributed by atoms with Crippen LogP contribution in [0.2, 0.25) is 0 Å². The van der Waals surface area contributed by atoms with E-state index in [0.717, 1.165) is 18.8 Å². The van der Waals surface area contributed by atoms with Gasteiger partial charge in [0.1, 0.15) is 5.41 Å². The third-order valence-electron chi connectivity index (χ3n) is 4.61. The minimum absolute atomic E-state index is 0.0253. The van der Waals surface area contributed by atoms with Crippen molar-refractivity contribution in [2.45, 2.75) is 51.5 Å². The molecule has 2 rings (SSSR count). The number of amides is 1. The Balaban J connectivity index is 2.01. The molecule has 18 heavy (non-hydrogen) atoms. The molecule has 5 heteroatoms. The summed E-state index contributed by atoms with van der Waals surface area (Å²) in [5.41, 5.74) is 4.95. The monoisotopic (exact) mass is 253 g/mol. The smallest absolute Gasteiger partial charge is 0.236 e. The van der Waals surface area contributed by atoms with E-state index in [1.807, 2.05) is 11.9 Å². The molecule has 0 radical (unpaired) electrons. The summed E-state index contributed by atoms with van der Waals surface area (Å²) in [7, 11) is 1.85. The zero-order valence-electron chi connectivity index (χ0n) is 11.2. The fraction of sp³-hybridized carbons (Fsp3) is 0.846. The Bertz CT molecular complexity index is 355. The van der Waals surface area contributed by atoms with E-state index >= 15 is 0 Å². The second kappa shape index (κ2) is 4.78. The normalized spacial score (nSPS) is 30.9. The molecule has 0 saturated heterocycles. The van der Waals surface area contributed by atoms with Gasteiger partial charge in [0.25, 0.3) is 0 Å². The molecule has 3 N–H and O–H groups in total. The Kier molecular flexibility index (Phi) is 3.50. The number of carbonyl (C=O) groups excluding carboxylic acids is 1. The molecule has 2 aliphatic carbocycles. The molecule has 1 amide bonds. The quantitative estimate of drug-likeness (QED) is 0.346. The first kappa shape index (κ1) is 13.2. The molecule has 0 aromatic rings. The fourth-order valence-electron chi connectivity index (χ4n) is 2.93. The molecule has 102 valence electrons. The van der Waals surface area contributed by atoms with Crippen molar-refractivity contribution in [2.75, 3.05) is 7.05 Å². The minimum Gasteiger partial charge on any atom is -0.409 e. The Morgan fingerprint density at radius 1 is 1.33 bits per heavy atom. The van der Waals surface area contributed by atoms with Crippen molar-refractivity contribution in [3.8, 4) is 0 Å². The van der Waals surface area contributed by atoms with E-state index in [4.69, 9.17) is 10.9 Å². The molecule has 0 atom stereocenters. The van der Waals surface area contributed by atoms with Crippen molar-refractivity contribution < 1.29 is 10.0 Å². The van der Waals surface area contributed by atoms with Crippen molar-refractivity contribution in [1.29, 1.82) is 0 Å². The summed E-state index contributed by atoms with van der Waals surface area (Å²) in [6.45, 7) is 2.26. The largest absolute Gasteiger partial charge is 0.409 e. The van der Waals surface area contributed by atoms with E-state index in [0.29, 0.717) is 18.9 Å². The van der Waals surface area contributed by atoms with E-state index in [1.165, 1.54) is 12.8 Å². The van der Waals surface area contributed by atoms with Gasteiger partial charge in [0.05, 0.1) is 0 Å². The lowest BCUT2D eigenvalue weighted by Gasteiger charge is -2.35. The summed E-state index contributed by atoms with van der Waals surface area (Å²) < 4.78 is 0. The van der Waals surface area contributed by atoms with Gasteiger partial charge in [-0.25, -0.2) is 0 Å². The van der Waals surface area contributed by atoms with Crippen LogP contribution in [0.3, 0.4) is 0 Å². The maximum Gasteiger partial charge on any atom is 0.236 e. The van der Waals surface area contributed by atoms with Crippen LogP contribution in [0.25, 0.3) is 0 Å². The van der Waals surface area contributed by atoms with Crippen molar-refractivity contribution in [1.82, 2.24) is 4.90 Å². The number of hydrogen-bond donors (Lipinski definition) is 2. The molecule has 0 bridgehead atoms. The summed E-state index contributed by atoms with van der Waals surface area (Å²) in [6, 6.07) is 0.317. The minimum atomic E-state index is -0.702. The van der Waals surface area contributed by atoms with E-state index in [9.17, 15) is 4.79 Å². The third kappa shape index (κ3) is 2.18. The van der Waals surface area contributed by atoms with Gasteiger partial charge >= 0.3 is 0 Å². The van der Waals surface area contributed by atoms with E-state index < -0.39 is 5.41 Å². The van der Waals surface area contributed by atoms with Crippen LogP contribution in [0.5, 0.6) is 0 Å². The van der Waals surface area contributed by atoms with Crippen LogP contribution in [0.1, 0.15) is 45.4 Å². The van der Waals surface area contributed by atoms with Gasteiger partial charge in [-0.2, -0.15) is 0 Å². The predicted molar refractivity (Wildman–Crippen MR) is 69.3 cm³/mol. The SMILES string of the molecule is CC1CCC(N(C)C(=O)C2(C(N)=NO)CC2)CC1. The first-order chi connectivity index (χ1) is 8.51. The zero-order chi connectivity index (χ0) is 13.3. The summed E-state index contributed by atoms with van der Waals surface area (Å²) in [5.74, 6) is 0.865. The van der Waals surface area contributed by atoms with Crippen LogP contribution in [0, 0.1) is 11.3 Å². The molecule has 0 heterocycles. The Morgan fingerprint density at radius 3 is 2.33 bits per heavy atom. The lowest BCUT2D eigenvalue weighted by molar-refractivity contribution is -0.136. The number of carbonyl (C=O) groups is 1. The molecule has 0 aliphatic heterocycles. The second-order valence-corrected chi connectivity index (χ2v) is 5.90. The third-order valence-corrected chi connectivity index (χ3v) is 4.61. The molecule has 5 nitrogen and oxygen atoms in total. The molecule has 2 aliphatic rings. The molecule has 0 aromatic carbocycles. The van der Waals surface area contributed by atoms with Crippen LogP contribution in [0.4, 0.5) is 0 Å². The molecule has 0 spiro atoms. The van der Waals surface area contributed by atoms with Gasteiger partial charge in [-0.3, -0.25) is 4.79 Å². The summed E-state index contributed by atoms with van der Waals surface area (Å²) in [6.07, 6.45) is 5.90. The topological polar surface area (TPSA) is 78.9 Å². The van der Waals surface area contributed by atoms with Crippen LogP contribution in [-0.2, 0) is 4.79 Å². The highest BCUT2D eigenvalue weighted by Gasteiger charge is 2.56. The Hall–Kier alpha value is -1.26. The van der Waals surface area contributed by atoms with E-state index in [-0.39, 0.29) is 11.7 Å². The maximum absolute atomic E-state index is 12.5. The number of rotatable bonds is 3.